The van der Waals surface area contributed by atoms with Gasteiger partial charge in [0, 0.05) is 16.7 Å². The van der Waals surface area contributed by atoms with Gasteiger partial charge in [-0.2, -0.15) is 0 Å². The lowest BCUT2D eigenvalue weighted by Gasteiger charge is -2.31. The zero-order valence-corrected chi connectivity index (χ0v) is 12.2. The number of hydrogen-bond donors (Lipinski definition) is 1. The fourth-order valence-corrected chi connectivity index (χ4v) is 2.26. The van der Waals surface area contributed by atoms with Crippen LogP contribution >= 0.6 is 15.9 Å². The number of aromatic nitrogens is 1. The average Bonchev–Trinajstić information content (AvgIpc) is 2.38. The van der Waals surface area contributed by atoms with Gasteiger partial charge in [-0.3, -0.25) is 24.5 Å². The van der Waals surface area contributed by atoms with Crippen LogP contribution in [0.3, 0.4) is 0 Å². The summed E-state index contributed by atoms with van der Waals surface area (Å²) in [5.41, 5.74) is -0.331. The van der Waals surface area contributed by atoms with E-state index >= 15 is 0 Å². The lowest BCUT2D eigenvalue weighted by molar-refractivity contribution is -0.149. The van der Waals surface area contributed by atoms with Crippen molar-refractivity contribution in [2.45, 2.75) is 19.5 Å². The molecule has 2 rings (SSSR count). The van der Waals surface area contributed by atoms with Gasteiger partial charge >= 0.3 is 0 Å². The van der Waals surface area contributed by atoms with E-state index in [0.29, 0.717) is 4.47 Å². The first-order chi connectivity index (χ1) is 9.38. The maximum absolute atomic E-state index is 12.2. The number of halogens is 1. The molecule has 1 aliphatic heterocycles. The molecule has 2 heterocycles. The predicted molar refractivity (Wildman–Crippen MR) is 72.7 cm³/mol. The van der Waals surface area contributed by atoms with Gasteiger partial charge in [0.05, 0.1) is 0 Å². The van der Waals surface area contributed by atoms with Crippen molar-refractivity contribution >= 4 is 33.7 Å². The highest BCUT2D eigenvalue weighted by Crippen LogP contribution is 2.08. The lowest BCUT2D eigenvalue weighted by atomic mass is 10.2. The maximum Gasteiger partial charge on any atom is 0.251 e. The van der Waals surface area contributed by atoms with Gasteiger partial charge in [0.1, 0.15) is 19.1 Å². The van der Waals surface area contributed by atoms with Gasteiger partial charge in [0.15, 0.2) is 0 Å². The van der Waals surface area contributed by atoms with Crippen molar-refractivity contribution in [1.82, 2.24) is 14.8 Å². The largest absolute Gasteiger partial charge is 0.320 e. The SMILES string of the molecule is CC1C(=O)NC(=O)CN1C(=O)Cn1cc(Br)ccc1=O. The molecule has 0 saturated carbocycles. The molecule has 3 amide bonds. The topological polar surface area (TPSA) is 88.5 Å². The van der Waals surface area contributed by atoms with Crippen molar-refractivity contribution in [2.75, 3.05) is 6.54 Å². The number of imide groups is 1. The highest BCUT2D eigenvalue weighted by atomic mass is 79.9. The zero-order chi connectivity index (χ0) is 14.9. The van der Waals surface area contributed by atoms with Crippen LogP contribution < -0.4 is 10.9 Å². The van der Waals surface area contributed by atoms with E-state index in [4.69, 9.17) is 0 Å². The first kappa shape index (κ1) is 14.4. The summed E-state index contributed by atoms with van der Waals surface area (Å²) in [4.78, 5) is 47.7. The molecule has 0 aromatic carbocycles. The summed E-state index contributed by atoms with van der Waals surface area (Å²) >= 11 is 3.21. The third-order valence-corrected chi connectivity index (χ3v) is 3.47. The molecule has 8 heteroatoms. The summed E-state index contributed by atoms with van der Waals surface area (Å²) in [6, 6.07) is 2.17. The van der Waals surface area contributed by atoms with Crippen molar-refractivity contribution in [1.29, 1.82) is 0 Å². The van der Waals surface area contributed by atoms with Crippen molar-refractivity contribution in [3.05, 3.63) is 33.2 Å². The molecule has 106 valence electrons. The van der Waals surface area contributed by atoms with E-state index in [1.54, 1.807) is 6.07 Å². The molecule has 1 aliphatic rings. The highest BCUT2D eigenvalue weighted by molar-refractivity contribution is 9.10. The van der Waals surface area contributed by atoms with Gasteiger partial charge < -0.3 is 9.47 Å². The number of carbonyl (C=O) groups excluding carboxylic acids is 3. The predicted octanol–water partition coefficient (Wildman–Crippen LogP) is -0.516. The molecule has 0 spiro atoms. The minimum Gasteiger partial charge on any atom is -0.320 e. The smallest absolute Gasteiger partial charge is 0.251 e. The fraction of sp³-hybridized carbons (Fsp3) is 0.333. The summed E-state index contributed by atoms with van der Waals surface area (Å²) in [6.45, 7) is 1.13. The highest BCUT2D eigenvalue weighted by Gasteiger charge is 2.33. The Hall–Kier alpha value is -1.96. The second-order valence-electron chi connectivity index (χ2n) is 4.42. The number of amides is 3. The minimum atomic E-state index is -0.733. The number of nitrogens with one attached hydrogen (secondary N) is 1. The Morgan fingerprint density at radius 2 is 2.10 bits per heavy atom. The maximum atomic E-state index is 12.2. The van der Waals surface area contributed by atoms with Gasteiger partial charge in [-0.05, 0) is 28.9 Å². The Bertz CT molecular complexity index is 640. The molecule has 0 radical (unpaired) electrons. The van der Waals surface area contributed by atoms with Crippen molar-refractivity contribution in [3.63, 3.8) is 0 Å². The number of piperazine rings is 1. The van der Waals surface area contributed by atoms with Crippen LogP contribution in [0.15, 0.2) is 27.6 Å². The van der Waals surface area contributed by atoms with E-state index in [-0.39, 0.29) is 18.6 Å². The van der Waals surface area contributed by atoms with Gasteiger partial charge in [-0.1, -0.05) is 0 Å². The summed E-state index contributed by atoms with van der Waals surface area (Å²) in [5.74, 6) is -1.50. The van der Waals surface area contributed by atoms with Crippen LogP contribution in [0.2, 0.25) is 0 Å². The lowest BCUT2D eigenvalue weighted by Crippen LogP contribution is -2.59. The minimum absolute atomic E-state index is 0.186. The van der Waals surface area contributed by atoms with E-state index < -0.39 is 23.8 Å². The molecule has 1 aromatic rings. The molecule has 1 fully saturated rings. The fourth-order valence-electron chi connectivity index (χ4n) is 1.88. The van der Waals surface area contributed by atoms with Crippen LogP contribution in [0.4, 0.5) is 0 Å². The molecular weight excluding hydrogens is 330 g/mol. The summed E-state index contributed by atoms with van der Waals surface area (Å²) in [6.07, 6.45) is 1.48. The van der Waals surface area contributed by atoms with Gasteiger partial charge in [0.2, 0.25) is 17.7 Å². The van der Waals surface area contributed by atoms with Crippen LogP contribution in [0.1, 0.15) is 6.92 Å². The van der Waals surface area contributed by atoms with Crippen LogP contribution in [0.25, 0.3) is 0 Å². The summed E-state index contributed by atoms with van der Waals surface area (Å²) in [5, 5.41) is 2.15. The first-order valence-electron chi connectivity index (χ1n) is 5.87. The third kappa shape index (κ3) is 2.96. The summed E-state index contributed by atoms with van der Waals surface area (Å²) in [7, 11) is 0. The molecule has 1 aromatic heterocycles. The number of rotatable bonds is 2. The van der Waals surface area contributed by atoms with E-state index in [0.717, 1.165) is 4.90 Å². The van der Waals surface area contributed by atoms with E-state index in [1.807, 2.05) is 0 Å². The number of pyridine rings is 1. The average molecular weight is 342 g/mol. The van der Waals surface area contributed by atoms with Crippen molar-refractivity contribution in [2.24, 2.45) is 0 Å². The van der Waals surface area contributed by atoms with Crippen LogP contribution in [-0.4, -0.2) is 39.8 Å². The van der Waals surface area contributed by atoms with Crippen molar-refractivity contribution < 1.29 is 14.4 Å². The standard InChI is InChI=1S/C12H12BrN3O4/c1-7-12(20)14-9(17)5-16(7)11(19)6-15-4-8(13)2-3-10(15)18/h2-4,7H,5-6H2,1H3,(H,14,17,20). The third-order valence-electron chi connectivity index (χ3n) is 3.00. The van der Waals surface area contributed by atoms with Crippen LogP contribution in [0.5, 0.6) is 0 Å². The van der Waals surface area contributed by atoms with Crippen molar-refractivity contribution in [3.8, 4) is 0 Å². The second-order valence-corrected chi connectivity index (χ2v) is 5.34. The quantitative estimate of drug-likeness (QED) is 0.733. The van der Waals surface area contributed by atoms with Gasteiger partial charge in [-0.25, -0.2) is 0 Å². The molecule has 0 aliphatic carbocycles. The Kier molecular flexibility index (Phi) is 4.03. The van der Waals surface area contributed by atoms with Crippen LogP contribution in [0, 0.1) is 0 Å². The molecule has 20 heavy (non-hydrogen) atoms. The Labute approximate surface area is 122 Å². The van der Waals surface area contributed by atoms with Crippen LogP contribution in [-0.2, 0) is 20.9 Å². The molecule has 1 unspecified atom stereocenters. The number of hydrogen-bond acceptors (Lipinski definition) is 4. The molecule has 7 nitrogen and oxygen atoms in total. The molecular formula is C12H12BrN3O4. The Balaban J connectivity index is 2.19. The zero-order valence-electron chi connectivity index (χ0n) is 10.6. The molecule has 1 N–H and O–H groups in total. The Morgan fingerprint density at radius 3 is 2.80 bits per heavy atom. The number of carbonyl (C=O) groups is 3. The van der Waals surface area contributed by atoms with Gasteiger partial charge in [-0.15, -0.1) is 0 Å². The van der Waals surface area contributed by atoms with Gasteiger partial charge in [0.25, 0.3) is 5.56 Å². The first-order valence-corrected chi connectivity index (χ1v) is 6.67. The summed E-state index contributed by atoms with van der Waals surface area (Å²) < 4.78 is 1.88. The molecule has 0 bridgehead atoms. The second kappa shape index (κ2) is 5.58. The molecule has 1 atom stereocenters. The van der Waals surface area contributed by atoms with E-state index in [1.165, 1.54) is 23.8 Å². The normalized spacial score (nSPS) is 18.9. The molecule has 1 saturated heterocycles. The van der Waals surface area contributed by atoms with E-state index in [9.17, 15) is 19.2 Å². The van der Waals surface area contributed by atoms with E-state index in [2.05, 4.69) is 21.2 Å². The number of nitrogens with zero attached hydrogens (tertiary/aromatic N) is 2. The monoisotopic (exact) mass is 341 g/mol. The Morgan fingerprint density at radius 1 is 1.40 bits per heavy atom.